The van der Waals surface area contributed by atoms with Crippen molar-refractivity contribution in [2.75, 3.05) is 27.2 Å². The molecule has 0 radical (unpaired) electrons. The minimum atomic E-state index is -0.182. The average Bonchev–Trinajstić information content (AvgIpc) is 2.73. The minimum Gasteiger partial charge on any atom is -0.369 e. The molecule has 0 saturated carbocycles. The van der Waals surface area contributed by atoms with Crippen molar-refractivity contribution < 1.29 is 4.74 Å². The van der Waals surface area contributed by atoms with Crippen molar-refractivity contribution in [3.05, 3.63) is 35.0 Å². The molecule has 1 aliphatic rings. The van der Waals surface area contributed by atoms with Crippen LogP contribution < -0.4 is 0 Å². The maximum Gasteiger partial charge on any atom is 0.107 e. The van der Waals surface area contributed by atoms with E-state index in [-0.39, 0.29) is 5.60 Å². The van der Waals surface area contributed by atoms with E-state index in [4.69, 9.17) is 4.74 Å². The maximum absolute atomic E-state index is 6.25. The molecule has 3 nitrogen and oxygen atoms in total. The van der Waals surface area contributed by atoms with Gasteiger partial charge >= 0.3 is 0 Å². The Labute approximate surface area is 127 Å². The molecule has 3 rings (SSSR count). The van der Waals surface area contributed by atoms with Crippen LogP contribution >= 0.6 is 0 Å². The van der Waals surface area contributed by atoms with Crippen LogP contribution in [0.2, 0.25) is 0 Å². The van der Waals surface area contributed by atoms with Crippen LogP contribution in [0.4, 0.5) is 0 Å². The highest BCUT2D eigenvalue weighted by Crippen LogP contribution is 2.41. The van der Waals surface area contributed by atoms with Crippen molar-refractivity contribution >= 4 is 10.9 Å². The van der Waals surface area contributed by atoms with Crippen LogP contribution in [-0.4, -0.2) is 36.7 Å². The lowest BCUT2D eigenvalue weighted by Gasteiger charge is -2.36. The Morgan fingerprint density at radius 1 is 1.33 bits per heavy atom. The normalized spacial score (nSPS) is 22.0. The molecule has 0 spiro atoms. The van der Waals surface area contributed by atoms with Crippen molar-refractivity contribution in [1.82, 2.24) is 9.47 Å². The van der Waals surface area contributed by atoms with E-state index in [1.165, 1.54) is 27.7 Å². The van der Waals surface area contributed by atoms with Crippen LogP contribution in [0.3, 0.4) is 0 Å². The second kappa shape index (κ2) is 5.15. The first kappa shape index (κ1) is 14.6. The number of benzene rings is 1. The van der Waals surface area contributed by atoms with E-state index in [2.05, 4.69) is 62.7 Å². The third-order valence-electron chi connectivity index (χ3n) is 4.84. The molecule has 3 heteroatoms. The highest BCUT2D eigenvalue weighted by Gasteiger charge is 2.37. The number of ether oxygens (including phenoxy) is 1. The Kier molecular flexibility index (Phi) is 3.58. The molecular weight excluding hydrogens is 260 g/mol. The topological polar surface area (TPSA) is 17.4 Å². The van der Waals surface area contributed by atoms with Crippen molar-refractivity contribution in [3.8, 4) is 0 Å². The molecule has 0 amide bonds. The molecule has 21 heavy (non-hydrogen) atoms. The summed E-state index contributed by atoms with van der Waals surface area (Å²) in [7, 11) is 6.43. The highest BCUT2D eigenvalue weighted by atomic mass is 16.5. The lowest BCUT2D eigenvalue weighted by atomic mass is 9.89. The fraction of sp³-hybridized carbons (Fsp3) is 0.556. The van der Waals surface area contributed by atoms with Gasteiger partial charge in [0.25, 0.3) is 0 Å². The molecule has 0 saturated heterocycles. The second-order valence-electron chi connectivity index (χ2n) is 6.74. The summed E-state index contributed by atoms with van der Waals surface area (Å²) in [6.45, 7) is 6.33. The zero-order valence-corrected chi connectivity index (χ0v) is 13.9. The van der Waals surface area contributed by atoms with Gasteiger partial charge in [-0.25, -0.2) is 0 Å². The number of fused-ring (bicyclic) bond motifs is 3. The summed E-state index contributed by atoms with van der Waals surface area (Å²) >= 11 is 0. The average molecular weight is 286 g/mol. The fourth-order valence-corrected chi connectivity index (χ4v) is 3.76. The predicted octanol–water partition coefficient (Wildman–Crippen LogP) is 3.23. The van der Waals surface area contributed by atoms with Crippen molar-refractivity contribution in [2.45, 2.75) is 32.3 Å². The van der Waals surface area contributed by atoms with Gasteiger partial charge < -0.3 is 14.2 Å². The number of aryl methyl sites for hydroxylation is 2. The Morgan fingerprint density at radius 3 is 2.81 bits per heavy atom. The van der Waals surface area contributed by atoms with Crippen molar-refractivity contribution in [1.29, 1.82) is 0 Å². The van der Waals surface area contributed by atoms with Gasteiger partial charge in [0.05, 0.1) is 12.3 Å². The van der Waals surface area contributed by atoms with Gasteiger partial charge in [0, 0.05) is 24.5 Å². The van der Waals surface area contributed by atoms with Crippen LogP contribution in [0.5, 0.6) is 0 Å². The Morgan fingerprint density at radius 2 is 2.10 bits per heavy atom. The summed E-state index contributed by atoms with van der Waals surface area (Å²) in [6.07, 6.45) is 2.05. The molecule has 0 fully saturated rings. The zero-order valence-electron chi connectivity index (χ0n) is 13.9. The van der Waals surface area contributed by atoms with Gasteiger partial charge in [-0.15, -0.1) is 0 Å². The third kappa shape index (κ3) is 2.29. The molecule has 1 aromatic heterocycles. The monoisotopic (exact) mass is 286 g/mol. The molecular formula is C18H26N2O. The molecule has 1 atom stereocenters. The first-order chi connectivity index (χ1) is 9.94. The van der Waals surface area contributed by atoms with E-state index in [0.717, 1.165) is 26.0 Å². The van der Waals surface area contributed by atoms with Crippen LogP contribution in [0.25, 0.3) is 10.9 Å². The van der Waals surface area contributed by atoms with Gasteiger partial charge in [0.2, 0.25) is 0 Å². The summed E-state index contributed by atoms with van der Waals surface area (Å²) in [5, 5.41) is 1.44. The van der Waals surface area contributed by atoms with Crippen LogP contribution in [0.1, 0.15) is 30.2 Å². The molecule has 1 unspecified atom stereocenters. The molecule has 1 aliphatic heterocycles. The highest BCUT2D eigenvalue weighted by molar-refractivity contribution is 5.89. The Bertz CT molecular complexity index is 671. The predicted molar refractivity (Wildman–Crippen MR) is 87.8 cm³/mol. The summed E-state index contributed by atoms with van der Waals surface area (Å²) in [5.74, 6) is 0. The Hall–Kier alpha value is -1.32. The van der Waals surface area contributed by atoms with Crippen LogP contribution in [0, 0.1) is 6.92 Å². The second-order valence-corrected chi connectivity index (χ2v) is 6.74. The van der Waals surface area contributed by atoms with E-state index in [1.54, 1.807) is 0 Å². The standard InChI is InChI=1S/C18H26N2O/c1-13-7-6-8-15-16(13)14-9-12-21-18(2,10-11-19(3)4)17(14)20(15)5/h6-8H,9-12H2,1-5H3. The van der Waals surface area contributed by atoms with Gasteiger partial charge in [-0.2, -0.15) is 0 Å². The number of hydrogen-bond acceptors (Lipinski definition) is 2. The van der Waals surface area contributed by atoms with E-state index >= 15 is 0 Å². The summed E-state index contributed by atoms with van der Waals surface area (Å²) in [5.41, 5.74) is 5.40. The quantitative estimate of drug-likeness (QED) is 0.862. The molecule has 0 bridgehead atoms. The van der Waals surface area contributed by atoms with Crippen LogP contribution in [-0.2, 0) is 23.8 Å². The first-order valence-electron chi connectivity index (χ1n) is 7.80. The van der Waals surface area contributed by atoms with E-state index < -0.39 is 0 Å². The zero-order chi connectivity index (χ0) is 15.2. The molecule has 0 aliphatic carbocycles. The summed E-state index contributed by atoms with van der Waals surface area (Å²) < 4.78 is 8.60. The lowest BCUT2D eigenvalue weighted by molar-refractivity contribution is -0.0600. The maximum atomic E-state index is 6.25. The van der Waals surface area contributed by atoms with Gasteiger partial charge in [0.15, 0.2) is 0 Å². The van der Waals surface area contributed by atoms with Crippen molar-refractivity contribution in [3.63, 3.8) is 0 Å². The van der Waals surface area contributed by atoms with Crippen molar-refractivity contribution in [2.24, 2.45) is 7.05 Å². The molecule has 2 aromatic rings. The van der Waals surface area contributed by atoms with Gasteiger partial charge in [0.1, 0.15) is 5.60 Å². The van der Waals surface area contributed by atoms with Crippen LogP contribution in [0.15, 0.2) is 18.2 Å². The molecule has 1 aromatic carbocycles. The van der Waals surface area contributed by atoms with Gasteiger partial charge in [-0.05, 0) is 58.0 Å². The van der Waals surface area contributed by atoms with E-state index in [1.807, 2.05) is 0 Å². The lowest BCUT2D eigenvalue weighted by Crippen LogP contribution is -2.37. The molecule has 2 heterocycles. The smallest absolute Gasteiger partial charge is 0.107 e. The fourth-order valence-electron chi connectivity index (χ4n) is 3.76. The Balaban J connectivity index is 2.17. The SMILES string of the molecule is Cc1cccc2c1c1c(n2C)C(C)(CCN(C)C)OCC1. The summed E-state index contributed by atoms with van der Waals surface area (Å²) in [4.78, 5) is 2.23. The number of nitrogens with zero attached hydrogens (tertiary/aromatic N) is 2. The largest absolute Gasteiger partial charge is 0.369 e. The molecule has 0 N–H and O–H groups in total. The third-order valence-corrected chi connectivity index (χ3v) is 4.84. The summed E-state index contributed by atoms with van der Waals surface area (Å²) in [6, 6.07) is 6.60. The van der Waals surface area contributed by atoms with E-state index in [0.29, 0.717) is 0 Å². The molecule has 114 valence electrons. The van der Waals surface area contributed by atoms with E-state index in [9.17, 15) is 0 Å². The first-order valence-corrected chi connectivity index (χ1v) is 7.80. The minimum absolute atomic E-state index is 0.182. The number of aromatic nitrogens is 1. The number of rotatable bonds is 3. The van der Waals surface area contributed by atoms with Gasteiger partial charge in [-0.1, -0.05) is 12.1 Å². The number of hydrogen-bond donors (Lipinski definition) is 0. The van der Waals surface area contributed by atoms with Gasteiger partial charge in [-0.3, -0.25) is 0 Å².